The normalized spacial score (nSPS) is 54.7. The van der Waals surface area contributed by atoms with Crippen LogP contribution in [0.4, 0.5) is 0 Å². The van der Waals surface area contributed by atoms with E-state index in [9.17, 15) is 9.59 Å². The van der Waals surface area contributed by atoms with E-state index >= 15 is 0 Å². The number of piperidine rings is 2. The van der Waals surface area contributed by atoms with Gasteiger partial charge in [-0.25, -0.2) is 0 Å². The van der Waals surface area contributed by atoms with Gasteiger partial charge in [0.05, 0.1) is 6.61 Å². The Morgan fingerprint density at radius 1 is 1.05 bits per heavy atom. The maximum Gasteiger partial charge on any atom is 0.303 e. The SMILES string of the molecule is CC(=O)O[C@H](C[C@]12[C@@H]3[C@@H](C(C)C)CC[C@@]1(C)[C@@H]1CC[C@@]4(CCC[C@H]42)N3C1)C(=O)[C@]12CC[C@](C)(OC[C@@H]1C)O2. The Morgan fingerprint density at radius 3 is 2.58 bits per heavy atom. The molecule has 12 atom stereocenters. The van der Waals surface area contributed by atoms with Gasteiger partial charge in [-0.15, -0.1) is 0 Å². The second kappa shape index (κ2) is 8.06. The monoisotopic (exact) mass is 527 g/mol. The molecule has 6 heteroatoms. The molecule has 7 aliphatic rings. The Kier molecular flexibility index (Phi) is 5.51. The molecule has 7 fully saturated rings. The molecule has 0 aromatic carbocycles. The minimum atomic E-state index is -0.920. The number of nitrogens with zero attached hydrogens (tertiary/aromatic N) is 1. The van der Waals surface area contributed by atoms with Gasteiger partial charge >= 0.3 is 5.97 Å². The number of fused-ring (bicyclic) bond motifs is 4. The van der Waals surface area contributed by atoms with E-state index in [1.807, 2.05) is 6.92 Å². The van der Waals surface area contributed by atoms with Crippen LogP contribution in [0.1, 0.15) is 106 Å². The molecule has 2 aliphatic carbocycles. The van der Waals surface area contributed by atoms with Gasteiger partial charge in [0.15, 0.2) is 11.9 Å². The second-order valence-corrected chi connectivity index (χ2v) is 15.3. The highest BCUT2D eigenvalue weighted by Gasteiger charge is 2.80. The van der Waals surface area contributed by atoms with Crippen molar-refractivity contribution in [3.63, 3.8) is 0 Å². The van der Waals surface area contributed by atoms with E-state index in [0.29, 0.717) is 55.6 Å². The van der Waals surface area contributed by atoms with Crippen molar-refractivity contribution in [3.05, 3.63) is 0 Å². The summed E-state index contributed by atoms with van der Waals surface area (Å²) < 4.78 is 18.7. The summed E-state index contributed by atoms with van der Waals surface area (Å²) in [5.41, 5.74) is -0.461. The molecule has 2 saturated carbocycles. The minimum absolute atomic E-state index is 0.00116. The summed E-state index contributed by atoms with van der Waals surface area (Å²) in [7, 11) is 0. The molecule has 5 aliphatic heterocycles. The average Bonchev–Trinajstić information content (AvgIpc) is 3.45. The first-order valence-corrected chi connectivity index (χ1v) is 15.7. The molecular weight excluding hydrogens is 478 g/mol. The third-order valence-corrected chi connectivity index (χ3v) is 13.7. The summed E-state index contributed by atoms with van der Waals surface area (Å²) in [6, 6.07) is 0.480. The Labute approximate surface area is 228 Å². The molecule has 0 aromatic heterocycles. The molecule has 0 amide bonds. The van der Waals surface area contributed by atoms with Crippen LogP contribution in [-0.4, -0.2) is 58.9 Å². The molecule has 6 nitrogen and oxygen atoms in total. The number of rotatable bonds is 6. The van der Waals surface area contributed by atoms with Crippen LogP contribution in [0.2, 0.25) is 0 Å². The fourth-order valence-electron chi connectivity index (χ4n) is 12.1. The van der Waals surface area contributed by atoms with Crippen molar-refractivity contribution in [2.24, 2.45) is 40.4 Å². The number of carbonyl (C=O) groups excluding carboxylic acids is 2. The zero-order valence-corrected chi connectivity index (χ0v) is 24.5. The molecule has 0 N–H and O–H groups in total. The number of hydrogen-bond donors (Lipinski definition) is 0. The number of carbonyl (C=O) groups is 2. The van der Waals surface area contributed by atoms with E-state index in [1.165, 1.54) is 58.4 Å². The van der Waals surface area contributed by atoms with Crippen molar-refractivity contribution in [1.82, 2.24) is 4.90 Å². The lowest BCUT2D eigenvalue weighted by Gasteiger charge is -2.67. The minimum Gasteiger partial charge on any atom is -0.454 e. The molecule has 1 spiro atoms. The Bertz CT molecular complexity index is 1040. The third kappa shape index (κ3) is 2.96. The number of ether oxygens (including phenoxy) is 3. The van der Waals surface area contributed by atoms with E-state index in [4.69, 9.17) is 14.2 Å². The van der Waals surface area contributed by atoms with Crippen LogP contribution in [0, 0.1) is 40.4 Å². The van der Waals surface area contributed by atoms with E-state index in [-0.39, 0.29) is 34.0 Å². The molecule has 0 radical (unpaired) electrons. The zero-order chi connectivity index (χ0) is 26.9. The standard InChI is InChI=1S/C32H49NO5/c1-19(2)23-10-12-28(5)22-9-13-30-11-7-8-25(30)31(28,26(23)33(30)17-22)16-24(37-21(4)34)27(35)32-15-14-29(6,38-32)36-18-20(32)3/h19-20,22-26H,7-18H2,1-6H3/t20-,22+,23+,24+,25+,26-,28-,29+,30+,31-,32-/m0/s1. The summed E-state index contributed by atoms with van der Waals surface area (Å²) in [5, 5.41) is 0. The lowest BCUT2D eigenvalue weighted by atomic mass is 9.42. The molecule has 5 saturated heterocycles. The predicted octanol–water partition coefficient (Wildman–Crippen LogP) is 5.51. The van der Waals surface area contributed by atoms with Gasteiger partial charge < -0.3 is 14.2 Å². The quantitative estimate of drug-likeness (QED) is 0.424. The lowest BCUT2D eigenvalue weighted by Crippen LogP contribution is -2.69. The molecule has 5 heterocycles. The summed E-state index contributed by atoms with van der Waals surface area (Å²) in [6.07, 6.45) is 10.3. The van der Waals surface area contributed by atoms with Crippen molar-refractivity contribution in [2.75, 3.05) is 13.2 Å². The molecule has 1 unspecified atom stereocenters. The lowest BCUT2D eigenvalue weighted by molar-refractivity contribution is -0.293. The van der Waals surface area contributed by atoms with E-state index in [0.717, 1.165) is 0 Å². The first-order valence-electron chi connectivity index (χ1n) is 15.7. The largest absolute Gasteiger partial charge is 0.454 e. The van der Waals surface area contributed by atoms with E-state index in [2.05, 4.69) is 32.6 Å². The molecule has 7 bridgehead atoms. The number of hydrogen-bond acceptors (Lipinski definition) is 6. The van der Waals surface area contributed by atoms with Crippen LogP contribution in [0.25, 0.3) is 0 Å². The van der Waals surface area contributed by atoms with E-state index < -0.39 is 17.5 Å². The van der Waals surface area contributed by atoms with Crippen LogP contribution in [0.5, 0.6) is 0 Å². The van der Waals surface area contributed by atoms with Gasteiger partial charge in [0.25, 0.3) is 0 Å². The van der Waals surface area contributed by atoms with Crippen molar-refractivity contribution in [2.45, 2.75) is 135 Å². The summed E-state index contributed by atoms with van der Waals surface area (Å²) >= 11 is 0. The van der Waals surface area contributed by atoms with Crippen LogP contribution >= 0.6 is 0 Å². The second-order valence-electron chi connectivity index (χ2n) is 15.3. The van der Waals surface area contributed by atoms with Crippen molar-refractivity contribution < 1.29 is 23.8 Å². The zero-order valence-electron chi connectivity index (χ0n) is 24.5. The smallest absolute Gasteiger partial charge is 0.303 e. The van der Waals surface area contributed by atoms with Crippen LogP contribution in [0.3, 0.4) is 0 Å². The highest BCUT2D eigenvalue weighted by molar-refractivity contribution is 5.93. The first kappa shape index (κ1) is 26.0. The predicted molar refractivity (Wildman–Crippen MR) is 143 cm³/mol. The molecule has 38 heavy (non-hydrogen) atoms. The molecule has 7 rings (SSSR count). The van der Waals surface area contributed by atoms with Gasteiger partial charge in [-0.05, 0) is 87.4 Å². The van der Waals surface area contributed by atoms with Crippen LogP contribution < -0.4 is 0 Å². The van der Waals surface area contributed by atoms with Gasteiger partial charge in [0, 0.05) is 42.8 Å². The average molecular weight is 528 g/mol. The van der Waals surface area contributed by atoms with Crippen molar-refractivity contribution in [3.8, 4) is 0 Å². The highest BCUT2D eigenvalue weighted by Crippen LogP contribution is 2.79. The summed E-state index contributed by atoms with van der Waals surface area (Å²) in [5.74, 6) is 1.38. The van der Waals surface area contributed by atoms with Crippen LogP contribution in [-0.2, 0) is 23.8 Å². The topological polar surface area (TPSA) is 65.1 Å². The molecular formula is C32H49NO5. The number of Topliss-reactive ketones (excluding diaryl/α,β-unsaturated/α-hetero) is 1. The third-order valence-electron chi connectivity index (χ3n) is 13.7. The Hall–Kier alpha value is -0.980. The summed E-state index contributed by atoms with van der Waals surface area (Å²) in [4.78, 5) is 30.4. The Morgan fingerprint density at radius 2 is 1.84 bits per heavy atom. The van der Waals surface area contributed by atoms with Gasteiger partial charge in [0.2, 0.25) is 5.78 Å². The fourth-order valence-corrected chi connectivity index (χ4v) is 12.1. The van der Waals surface area contributed by atoms with Gasteiger partial charge in [0.1, 0.15) is 5.60 Å². The van der Waals surface area contributed by atoms with Gasteiger partial charge in [-0.1, -0.05) is 34.1 Å². The molecule has 0 aromatic rings. The fraction of sp³-hybridized carbons (Fsp3) is 0.938. The first-order chi connectivity index (χ1) is 17.9. The van der Waals surface area contributed by atoms with Gasteiger partial charge in [-0.3, -0.25) is 14.5 Å². The number of esters is 1. The number of ketones is 1. The van der Waals surface area contributed by atoms with Crippen molar-refractivity contribution >= 4 is 11.8 Å². The van der Waals surface area contributed by atoms with Crippen molar-refractivity contribution in [1.29, 1.82) is 0 Å². The maximum absolute atomic E-state index is 14.7. The summed E-state index contributed by atoms with van der Waals surface area (Å²) in [6.45, 7) is 14.7. The maximum atomic E-state index is 14.7. The Balaban J connectivity index is 1.35. The highest BCUT2D eigenvalue weighted by atomic mass is 16.7. The molecule has 212 valence electrons. The van der Waals surface area contributed by atoms with Gasteiger partial charge in [-0.2, -0.15) is 0 Å². The van der Waals surface area contributed by atoms with Crippen LogP contribution in [0.15, 0.2) is 0 Å². The van der Waals surface area contributed by atoms with E-state index in [1.54, 1.807) is 0 Å².